The molecule has 4 nitrogen and oxygen atoms in total. The lowest BCUT2D eigenvalue weighted by Gasteiger charge is -2.21. The number of carbonyl (C=O) groups is 1. The van der Waals surface area contributed by atoms with Gasteiger partial charge in [0, 0.05) is 19.3 Å². The van der Waals surface area contributed by atoms with Crippen LogP contribution in [0.4, 0.5) is 5.82 Å². The Morgan fingerprint density at radius 1 is 1.35 bits per heavy atom. The van der Waals surface area contributed by atoms with Crippen molar-refractivity contribution in [2.75, 3.05) is 25.1 Å². The lowest BCUT2D eigenvalue weighted by Crippen LogP contribution is -2.25. The number of hydrogen-bond donors (Lipinski definition) is 0. The minimum Gasteiger partial charge on any atom is -0.469 e. The van der Waals surface area contributed by atoms with Crippen LogP contribution in [0.15, 0.2) is 18.3 Å². The Bertz CT molecular complexity index is 476. The van der Waals surface area contributed by atoms with Gasteiger partial charge in [-0.1, -0.05) is 33.8 Å². The molecule has 1 aliphatic heterocycles. The van der Waals surface area contributed by atoms with Gasteiger partial charge in [0.05, 0.1) is 13.0 Å². The quantitative estimate of drug-likeness (QED) is 0.779. The molecule has 0 aliphatic carbocycles. The third kappa shape index (κ3) is 2.94. The van der Waals surface area contributed by atoms with E-state index >= 15 is 0 Å². The molecular formula is C16H24N2O2. The maximum absolute atomic E-state index is 11.7. The fourth-order valence-corrected chi connectivity index (χ4v) is 2.63. The molecule has 4 heteroatoms. The van der Waals surface area contributed by atoms with Crippen molar-refractivity contribution in [2.24, 2.45) is 11.8 Å². The molecule has 20 heavy (non-hydrogen) atoms. The molecule has 2 atom stereocenters. The first-order valence-electron chi connectivity index (χ1n) is 7.12. The lowest BCUT2D eigenvalue weighted by atomic mass is 9.88. The van der Waals surface area contributed by atoms with Crippen LogP contribution in [-0.2, 0) is 14.9 Å². The molecule has 2 rings (SSSR count). The molecule has 110 valence electrons. The van der Waals surface area contributed by atoms with E-state index in [4.69, 9.17) is 4.74 Å². The van der Waals surface area contributed by atoms with Crippen molar-refractivity contribution in [2.45, 2.75) is 33.1 Å². The molecule has 0 radical (unpaired) electrons. The summed E-state index contributed by atoms with van der Waals surface area (Å²) < 4.78 is 4.87. The monoisotopic (exact) mass is 276 g/mol. The smallest absolute Gasteiger partial charge is 0.310 e. The van der Waals surface area contributed by atoms with Crippen molar-refractivity contribution < 1.29 is 9.53 Å². The van der Waals surface area contributed by atoms with Crippen LogP contribution < -0.4 is 4.90 Å². The van der Waals surface area contributed by atoms with E-state index in [9.17, 15) is 4.79 Å². The molecule has 0 N–H and O–H groups in total. The van der Waals surface area contributed by atoms with Crippen LogP contribution in [0.25, 0.3) is 0 Å². The summed E-state index contributed by atoms with van der Waals surface area (Å²) in [6, 6.07) is 4.17. The number of pyridine rings is 1. The van der Waals surface area contributed by atoms with Gasteiger partial charge in [0.25, 0.3) is 0 Å². The van der Waals surface area contributed by atoms with Gasteiger partial charge in [-0.2, -0.15) is 0 Å². The van der Waals surface area contributed by atoms with Gasteiger partial charge in [0.15, 0.2) is 0 Å². The first-order valence-corrected chi connectivity index (χ1v) is 7.12. The maximum atomic E-state index is 11.7. The van der Waals surface area contributed by atoms with Gasteiger partial charge in [-0.3, -0.25) is 4.79 Å². The van der Waals surface area contributed by atoms with E-state index in [1.54, 1.807) is 0 Å². The van der Waals surface area contributed by atoms with Crippen LogP contribution in [0, 0.1) is 11.8 Å². The Morgan fingerprint density at radius 3 is 2.55 bits per heavy atom. The largest absolute Gasteiger partial charge is 0.469 e. The zero-order valence-electron chi connectivity index (χ0n) is 13.0. The van der Waals surface area contributed by atoms with E-state index in [2.05, 4.69) is 43.6 Å². The van der Waals surface area contributed by atoms with Crippen molar-refractivity contribution in [1.82, 2.24) is 4.98 Å². The second-order valence-electron chi connectivity index (χ2n) is 6.67. The van der Waals surface area contributed by atoms with E-state index in [1.165, 1.54) is 12.7 Å². The minimum atomic E-state index is -0.119. The maximum Gasteiger partial charge on any atom is 0.310 e. The number of esters is 1. The summed E-state index contributed by atoms with van der Waals surface area (Å²) in [5, 5.41) is 0. The van der Waals surface area contributed by atoms with Crippen LogP contribution in [0.5, 0.6) is 0 Å². The molecule has 1 saturated heterocycles. The summed E-state index contributed by atoms with van der Waals surface area (Å²) in [5.74, 6) is 1.07. The standard InChI is InChI=1S/C16H24N2O2/c1-11-9-18(10-13(11)15(19)20-5)14-7-6-12(8-17-14)16(2,3)4/h6-8,11,13H,9-10H2,1-5H3. The van der Waals surface area contributed by atoms with Crippen LogP contribution >= 0.6 is 0 Å². The molecular weight excluding hydrogens is 252 g/mol. The number of ether oxygens (including phenoxy) is 1. The van der Waals surface area contributed by atoms with Crippen LogP contribution in [-0.4, -0.2) is 31.2 Å². The summed E-state index contributed by atoms with van der Waals surface area (Å²) in [6.45, 7) is 10.2. The van der Waals surface area contributed by atoms with Crippen LogP contribution in [0.3, 0.4) is 0 Å². The number of aromatic nitrogens is 1. The molecule has 0 aromatic carbocycles. The first-order chi connectivity index (χ1) is 9.32. The van der Waals surface area contributed by atoms with E-state index in [-0.39, 0.29) is 17.3 Å². The molecule has 2 heterocycles. The highest BCUT2D eigenvalue weighted by atomic mass is 16.5. The molecule has 1 fully saturated rings. The van der Waals surface area contributed by atoms with Gasteiger partial charge >= 0.3 is 5.97 Å². The van der Waals surface area contributed by atoms with Gasteiger partial charge in [-0.25, -0.2) is 4.98 Å². The number of carbonyl (C=O) groups excluding carboxylic acids is 1. The zero-order valence-corrected chi connectivity index (χ0v) is 13.0. The number of rotatable bonds is 2. The van der Waals surface area contributed by atoms with Gasteiger partial charge in [-0.15, -0.1) is 0 Å². The van der Waals surface area contributed by atoms with Gasteiger partial charge in [-0.05, 0) is 23.0 Å². The number of anilines is 1. The van der Waals surface area contributed by atoms with Crippen molar-refractivity contribution in [1.29, 1.82) is 0 Å². The number of methoxy groups -OCH3 is 1. The molecule has 1 aliphatic rings. The second kappa shape index (κ2) is 5.43. The Hall–Kier alpha value is -1.58. The zero-order chi connectivity index (χ0) is 14.9. The summed E-state index contributed by atoms with van der Waals surface area (Å²) in [5.41, 5.74) is 1.33. The van der Waals surface area contributed by atoms with Crippen molar-refractivity contribution in [3.63, 3.8) is 0 Å². The Morgan fingerprint density at radius 2 is 2.05 bits per heavy atom. The SMILES string of the molecule is COC(=O)C1CN(c2ccc(C(C)(C)C)cn2)CC1C. The fourth-order valence-electron chi connectivity index (χ4n) is 2.63. The highest BCUT2D eigenvalue weighted by Crippen LogP contribution is 2.29. The molecule has 2 unspecified atom stereocenters. The summed E-state index contributed by atoms with van der Waals surface area (Å²) in [4.78, 5) is 18.4. The minimum absolute atomic E-state index is 0.0518. The average Bonchev–Trinajstić information content (AvgIpc) is 2.79. The van der Waals surface area contributed by atoms with E-state index in [0.29, 0.717) is 12.5 Å². The van der Waals surface area contributed by atoms with Gasteiger partial charge < -0.3 is 9.64 Å². The topological polar surface area (TPSA) is 42.4 Å². The molecule has 0 amide bonds. The molecule has 0 bridgehead atoms. The Kier molecular flexibility index (Phi) is 4.02. The summed E-state index contributed by atoms with van der Waals surface area (Å²) in [6.07, 6.45) is 1.94. The summed E-state index contributed by atoms with van der Waals surface area (Å²) >= 11 is 0. The second-order valence-corrected chi connectivity index (χ2v) is 6.67. The van der Waals surface area contributed by atoms with E-state index in [1.807, 2.05) is 12.3 Å². The highest BCUT2D eigenvalue weighted by Gasteiger charge is 2.36. The van der Waals surface area contributed by atoms with Gasteiger partial charge in [0.2, 0.25) is 0 Å². The fraction of sp³-hybridized carbons (Fsp3) is 0.625. The third-order valence-corrected chi connectivity index (χ3v) is 4.05. The molecule has 1 aromatic rings. The number of hydrogen-bond acceptors (Lipinski definition) is 4. The first kappa shape index (κ1) is 14.8. The predicted molar refractivity (Wildman–Crippen MR) is 79.8 cm³/mol. The van der Waals surface area contributed by atoms with E-state index in [0.717, 1.165) is 12.4 Å². The predicted octanol–water partition coefficient (Wildman–Crippen LogP) is 2.62. The van der Waals surface area contributed by atoms with E-state index < -0.39 is 0 Å². The Balaban J connectivity index is 2.12. The van der Waals surface area contributed by atoms with Crippen LogP contribution in [0.1, 0.15) is 33.3 Å². The summed E-state index contributed by atoms with van der Waals surface area (Å²) in [7, 11) is 1.45. The molecule has 0 saturated carbocycles. The normalized spacial score (nSPS) is 22.9. The molecule has 0 spiro atoms. The van der Waals surface area contributed by atoms with Gasteiger partial charge in [0.1, 0.15) is 5.82 Å². The van der Waals surface area contributed by atoms with Crippen molar-refractivity contribution in [3.05, 3.63) is 23.9 Å². The third-order valence-electron chi connectivity index (χ3n) is 4.05. The average molecular weight is 276 g/mol. The van der Waals surface area contributed by atoms with Crippen molar-refractivity contribution in [3.8, 4) is 0 Å². The Labute approximate surface area is 121 Å². The number of nitrogens with zero attached hydrogens (tertiary/aromatic N) is 2. The van der Waals surface area contributed by atoms with Crippen LogP contribution in [0.2, 0.25) is 0 Å². The highest BCUT2D eigenvalue weighted by molar-refractivity contribution is 5.74. The van der Waals surface area contributed by atoms with Crippen molar-refractivity contribution >= 4 is 11.8 Å². The lowest BCUT2D eigenvalue weighted by molar-refractivity contribution is -0.145. The molecule has 1 aromatic heterocycles.